The van der Waals surface area contributed by atoms with Crippen LogP contribution in [0.25, 0.3) is 11.1 Å². The number of hydrogen-bond acceptors (Lipinski definition) is 0. The van der Waals surface area contributed by atoms with Crippen molar-refractivity contribution in [3.8, 4) is 11.1 Å². The molecule has 0 N–H and O–H groups in total. The smallest absolute Gasteiger partial charge is 0.0406 e. The number of rotatable bonds is 1. The lowest BCUT2D eigenvalue weighted by Crippen LogP contribution is -1.85. The summed E-state index contributed by atoms with van der Waals surface area (Å²) in [5.41, 5.74) is 3.79. The number of aryl methyl sites for hydroxylation is 1. The monoisotopic (exact) mass is 328 g/mol. The largest absolute Gasteiger partial charge is 0.0843 e. The summed E-state index contributed by atoms with van der Waals surface area (Å²) < 4.78 is 1.30. The molecular formula is C13H10ClI. The molecule has 0 fully saturated rings. The highest BCUT2D eigenvalue weighted by molar-refractivity contribution is 14.1. The summed E-state index contributed by atoms with van der Waals surface area (Å²) in [7, 11) is 0. The highest BCUT2D eigenvalue weighted by Gasteiger charge is 2.04. The third-order valence-electron chi connectivity index (χ3n) is 2.35. The maximum Gasteiger partial charge on any atom is 0.0406 e. The van der Waals surface area contributed by atoms with Crippen LogP contribution in [0.2, 0.25) is 5.02 Å². The van der Waals surface area contributed by atoms with Gasteiger partial charge in [-0.05, 0) is 58.3 Å². The molecule has 0 spiro atoms. The molecule has 0 saturated heterocycles. The van der Waals surface area contributed by atoms with Crippen LogP contribution in [0.5, 0.6) is 0 Å². The van der Waals surface area contributed by atoms with Gasteiger partial charge in [0, 0.05) is 8.59 Å². The summed E-state index contributed by atoms with van der Waals surface area (Å²) in [5.74, 6) is 0. The van der Waals surface area contributed by atoms with Gasteiger partial charge >= 0.3 is 0 Å². The average Bonchev–Trinajstić information content (AvgIpc) is 2.24. The molecule has 0 bridgehead atoms. The van der Waals surface area contributed by atoms with E-state index in [1.807, 2.05) is 12.1 Å². The second kappa shape index (κ2) is 4.54. The van der Waals surface area contributed by atoms with E-state index in [1.54, 1.807) is 0 Å². The lowest BCUT2D eigenvalue weighted by Gasteiger charge is -2.07. The minimum Gasteiger partial charge on any atom is -0.0843 e. The molecule has 2 aromatic carbocycles. The van der Waals surface area contributed by atoms with Crippen molar-refractivity contribution in [3.63, 3.8) is 0 Å². The number of halogens is 2. The van der Waals surface area contributed by atoms with Gasteiger partial charge in [0.2, 0.25) is 0 Å². The number of hydrogen-bond donors (Lipinski definition) is 0. The molecule has 0 aliphatic rings. The molecular weight excluding hydrogens is 318 g/mol. The van der Waals surface area contributed by atoms with Crippen LogP contribution in [0.1, 0.15) is 5.56 Å². The van der Waals surface area contributed by atoms with Crippen LogP contribution in [-0.4, -0.2) is 0 Å². The molecule has 15 heavy (non-hydrogen) atoms. The Morgan fingerprint density at radius 1 is 1.00 bits per heavy atom. The minimum absolute atomic E-state index is 0.779. The van der Waals surface area contributed by atoms with E-state index in [9.17, 15) is 0 Å². The SMILES string of the molecule is Cc1cccc(-c2ccc(Cl)cc2)c1I. The fraction of sp³-hybridized carbons (Fsp3) is 0.0769. The average molecular weight is 329 g/mol. The van der Waals surface area contributed by atoms with Gasteiger partial charge in [0.1, 0.15) is 0 Å². The highest BCUT2D eigenvalue weighted by atomic mass is 127. The molecule has 2 aromatic rings. The van der Waals surface area contributed by atoms with E-state index >= 15 is 0 Å². The van der Waals surface area contributed by atoms with E-state index in [4.69, 9.17) is 11.6 Å². The van der Waals surface area contributed by atoms with Crippen LogP contribution in [0.3, 0.4) is 0 Å². The van der Waals surface area contributed by atoms with Gasteiger partial charge in [-0.2, -0.15) is 0 Å². The Morgan fingerprint density at radius 3 is 2.33 bits per heavy atom. The van der Waals surface area contributed by atoms with Gasteiger partial charge in [-0.1, -0.05) is 41.9 Å². The van der Waals surface area contributed by atoms with Crippen LogP contribution in [0.15, 0.2) is 42.5 Å². The van der Waals surface area contributed by atoms with Crippen LogP contribution >= 0.6 is 34.2 Å². The molecule has 0 aromatic heterocycles. The Hall–Kier alpha value is -0.540. The normalized spacial score (nSPS) is 10.3. The van der Waals surface area contributed by atoms with Gasteiger partial charge in [-0.15, -0.1) is 0 Å². The van der Waals surface area contributed by atoms with Crippen molar-refractivity contribution < 1.29 is 0 Å². The first-order valence-electron chi connectivity index (χ1n) is 4.69. The Kier molecular flexibility index (Phi) is 3.32. The molecule has 0 radical (unpaired) electrons. The van der Waals surface area contributed by atoms with Crippen molar-refractivity contribution in [1.82, 2.24) is 0 Å². The zero-order valence-corrected chi connectivity index (χ0v) is 11.2. The Balaban J connectivity index is 2.54. The second-order valence-electron chi connectivity index (χ2n) is 3.44. The van der Waals surface area contributed by atoms with Crippen LogP contribution in [0.4, 0.5) is 0 Å². The third-order valence-corrected chi connectivity index (χ3v) is 4.03. The molecule has 0 saturated carbocycles. The second-order valence-corrected chi connectivity index (χ2v) is 4.96. The minimum atomic E-state index is 0.779. The first kappa shape index (κ1) is 11.0. The van der Waals surface area contributed by atoms with Gasteiger partial charge in [0.05, 0.1) is 0 Å². The quantitative estimate of drug-likeness (QED) is 0.652. The Labute approximate surface area is 108 Å². The Morgan fingerprint density at radius 2 is 1.67 bits per heavy atom. The first-order chi connectivity index (χ1) is 7.18. The summed E-state index contributed by atoms with van der Waals surface area (Å²) in [6, 6.07) is 14.3. The molecule has 2 heteroatoms. The van der Waals surface area contributed by atoms with E-state index < -0.39 is 0 Å². The molecule has 76 valence electrons. The van der Waals surface area contributed by atoms with Gasteiger partial charge in [0.25, 0.3) is 0 Å². The van der Waals surface area contributed by atoms with Crippen molar-refractivity contribution in [2.45, 2.75) is 6.92 Å². The van der Waals surface area contributed by atoms with Crippen LogP contribution in [0, 0.1) is 10.5 Å². The van der Waals surface area contributed by atoms with Gasteiger partial charge in [0.15, 0.2) is 0 Å². The lowest BCUT2D eigenvalue weighted by molar-refractivity contribution is 1.42. The zero-order valence-electron chi connectivity index (χ0n) is 8.30. The van der Waals surface area contributed by atoms with E-state index in [-0.39, 0.29) is 0 Å². The predicted octanol–water partition coefficient (Wildman–Crippen LogP) is 4.92. The van der Waals surface area contributed by atoms with Gasteiger partial charge in [-0.25, -0.2) is 0 Å². The standard InChI is InChI=1S/C13H10ClI/c1-9-3-2-4-12(13(9)15)10-5-7-11(14)8-6-10/h2-8H,1H3. The molecule has 2 rings (SSSR count). The predicted molar refractivity (Wildman–Crippen MR) is 74.3 cm³/mol. The fourth-order valence-corrected chi connectivity index (χ4v) is 2.30. The lowest BCUT2D eigenvalue weighted by atomic mass is 10.0. The molecule has 0 aliphatic carbocycles. The Bertz CT molecular complexity index is 474. The molecule has 0 nitrogen and oxygen atoms in total. The van der Waals surface area contributed by atoms with Gasteiger partial charge < -0.3 is 0 Å². The molecule has 0 heterocycles. The molecule has 0 atom stereocenters. The van der Waals surface area contributed by atoms with Gasteiger partial charge in [-0.3, -0.25) is 0 Å². The summed E-state index contributed by atoms with van der Waals surface area (Å²) in [6.45, 7) is 2.13. The van der Waals surface area contributed by atoms with Crippen molar-refractivity contribution in [2.24, 2.45) is 0 Å². The summed E-state index contributed by atoms with van der Waals surface area (Å²) in [6.07, 6.45) is 0. The van der Waals surface area contributed by atoms with Crippen molar-refractivity contribution >= 4 is 34.2 Å². The topological polar surface area (TPSA) is 0 Å². The van der Waals surface area contributed by atoms with Crippen molar-refractivity contribution in [1.29, 1.82) is 0 Å². The van der Waals surface area contributed by atoms with E-state index in [1.165, 1.54) is 20.3 Å². The first-order valence-corrected chi connectivity index (χ1v) is 6.15. The maximum atomic E-state index is 5.87. The van der Waals surface area contributed by atoms with Crippen molar-refractivity contribution in [3.05, 3.63) is 56.6 Å². The van der Waals surface area contributed by atoms with E-state index in [0.717, 1.165) is 5.02 Å². The summed E-state index contributed by atoms with van der Waals surface area (Å²) >= 11 is 8.25. The fourth-order valence-electron chi connectivity index (χ4n) is 1.50. The summed E-state index contributed by atoms with van der Waals surface area (Å²) in [4.78, 5) is 0. The summed E-state index contributed by atoms with van der Waals surface area (Å²) in [5, 5.41) is 0.779. The van der Waals surface area contributed by atoms with Crippen LogP contribution in [-0.2, 0) is 0 Å². The number of benzene rings is 2. The third kappa shape index (κ3) is 2.34. The van der Waals surface area contributed by atoms with E-state index in [2.05, 4.69) is 59.8 Å². The zero-order chi connectivity index (χ0) is 10.8. The molecule has 0 aliphatic heterocycles. The molecule has 0 amide bonds. The maximum absolute atomic E-state index is 5.87. The molecule has 0 unspecified atom stereocenters. The van der Waals surface area contributed by atoms with Crippen LogP contribution < -0.4 is 0 Å². The van der Waals surface area contributed by atoms with E-state index in [0.29, 0.717) is 0 Å². The highest BCUT2D eigenvalue weighted by Crippen LogP contribution is 2.28. The van der Waals surface area contributed by atoms with Crippen molar-refractivity contribution in [2.75, 3.05) is 0 Å².